The van der Waals surface area contributed by atoms with Crippen LogP contribution in [0.3, 0.4) is 0 Å². The molecule has 154 valence electrons. The number of benzene rings is 1. The minimum absolute atomic E-state index is 0.114. The molecule has 8 nitrogen and oxygen atoms in total. The van der Waals surface area contributed by atoms with Crippen molar-refractivity contribution in [1.29, 1.82) is 0 Å². The molecule has 4 N–H and O–H groups in total. The summed E-state index contributed by atoms with van der Waals surface area (Å²) in [7, 11) is -1.68. The van der Waals surface area contributed by atoms with E-state index in [0.29, 0.717) is 17.0 Å². The Bertz CT molecular complexity index is 823. The topological polar surface area (TPSA) is 124 Å². The molecule has 1 unspecified atom stereocenters. The fraction of sp³-hybridized carbons (Fsp3) is 0.368. The summed E-state index contributed by atoms with van der Waals surface area (Å²) in [5.41, 5.74) is 0.748. The second-order valence-electron chi connectivity index (χ2n) is 7.09. The van der Waals surface area contributed by atoms with Gasteiger partial charge in [0.2, 0.25) is 5.91 Å². The van der Waals surface area contributed by atoms with E-state index in [9.17, 15) is 19.6 Å². The van der Waals surface area contributed by atoms with Crippen LogP contribution in [-0.2, 0) is 4.79 Å². The van der Waals surface area contributed by atoms with Crippen LogP contribution in [0.15, 0.2) is 42.9 Å². The third kappa shape index (κ3) is 7.45. The molecule has 2 rings (SSSR count). The maximum Gasteiger partial charge on any atom is 0.475 e. The molecule has 0 saturated carbocycles. The number of carbonyl (C=O) groups excluding carboxylic acids is 2. The van der Waals surface area contributed by atoms with Gasteiger partial charge < -0.3 is 20.7 Å². The van der Waals surface area contributed by atoms with Gasteiger partial charge in [-0.1, -0.05) is 37.6 Å². The largest absolute Gasteiger partial charge is 0.475 e. The van der Waals surface area contributed by atoms with Crippen LogP contribution in [0.5, 0.6) is 0 Å². The van der Waals surface area contributed by atoms with E-state index in [2.05, 4.69) is 20.6 Å². The van der Waals surface area contributed by atoms with E-state index in [1.807, 2.05) is 13.8 Å². The number of aromatic nitrogens is 2. The summed E-state index contributed by atoms with van der Waals surface area (Å²) >= 11 is 6.06. The van der Waals surface area contributed by atoms with Gasteiger partial charge in [-0.15, -0.1) is 0 Å². The Morgan fingerprint density at radius 1 is 1.21 bits per heavy atom. The van der Waals surface area contributed by atoms with Crippen LogP contribution in [0.2, 0.25) is 5.02 Å². The fourth-order valence-corrected chi connectivity index (χ4v) is 3.04. The molecule has 1 aromatic carbocycles. The van der Waals surface area contributed by atoms with Gasteiger partial charge in [-0.05, 0) is 30.0 Å². The van der Waals surface area contributed by atoms with Crippen molar-refractivity contribution in [1.82, 2.24) is 20.6 Å². The minimum atomic E-state index is -1.68. The number of carbonyl (C=O) groups is 2. The second-order valence-corrected chi connectivity index (χ2v) is 7.53. The van der Waals surface area contributed by atoms with Crippen LogP contribution in [-0.4, -0.2) is 44.9 Å². The molecule has 2 atom stereocenters. The molecule has 2 aromatic rings. The van der Waals surface area contributed by atoms with Gasteiger partial charge in [0.15, 0.2) is 0 Å². The minimum Gasteiger partial charge on any atom is -0.426 e. The van der Waals surface area contributed by atoms with E-state index in [1.165, 1.54) is 18.6 Å². The zero-order valence-corrected chi connectivity index (χ0v) is 17.0. The van der Waals surface area contributed by atoms with Gasteiger partial charge in [0.05, 0.1) is 24.6 Å². The maximum atomic E-state index is 12.6. The van der Waals surface area contributed by atoms with Crippen LogP contribution in [0.4, 0.5) is 0 Å². The van der Waals surface area contributed by atoms with Gasteiger partial charge in [-0.3, -0.25) is 14.6 Å². The quantitative estimate of drug-likeness (QED) is 0.458. The number of rotatable bonds is 9. The second kappa shape index (κ2) is 10.9. The third-order valence-corrected chi connectivity index (χ3v) is 4.41. The van der Waals surface area contributed by atoms with Gasteiger partial charge in [-0.2, -0.15) is 0 Å². The Kier molecular flexibility index (Phi) is 8.57. The summed E-state index contributed by atoms with van der Waals surface area (Å²) in [5.74, 6) is -1.58. The lowest BCUT2D eigenvalue weighted by molar-refractivity contribution is -0.122. The first kappa shape index (κ1) is 22.8. The number of halogens is 1. The van der Waals surface area contributed by atoms with Crippen molar-refractivity contribution in [3.63, 3.8) is 0 Å². The Morgan fingerprint density at radius 3 is 2.55 bits per heavy atom. The molecule has 0 aliphatic rings. The number of nitrogens with zero attached hydrogens (tertiary/aromatic N) is 2. The average Bonchev–Trinajstić information content (AvgIpc) is 2.67. The predicted molar refractivity (Wildman–Crippen MR) is 110 cm³/mol. The SMILES string of the molecule is CC(C)C[C@H](NC(=O)CC(NC(=O)c1cnccn1)c1cccc(Cl)c1)B(O)O. The van der Waals surface area contributed by atoms with Crippen molar-refractivity contribution in [2.45, 2.75) is 38.7 Å². The first-order valence-electron chi connectivity index (χ1n) is 9.24. The number of hydrogen-bond acceptors (Lipinski definition) is 6. The average molecular weight is 419 g/mol. The van der Waals surface area contributed by atoms with Gasteiger partial charge in [0, 0.05) is 17.4 Å². The van der Waals surface area contributed by atoms with Gasteiger partial charge in [0.25, 0.3) is 5.91 Å². The van der Waals surface area contributed by atoms with Crippen molar-refractivity contribution in [2.24, 2.45) is 5.92 Å². The number of nitrogens with one attached hydrogen (secondary N) is 2. The lowest BCUT2D eigenvalue weighted by Crippen LogP contribution is -2.48. The van der Waals surface area contributed by atoms with Gasteiger partial charge in [-0.25, -0.2) is 4.98 Å². The third-order valence-electron chi connectivity index (χ3n) is 4.17. The molecule has 1 aromatic heterocycles. The maximum absolute atomic E-state index is 12.6. The molecule has 0 radical (unpaired) electrons. The Hall–Kier alpha value is -2.49. The van der Waals surface area contributed by atoms with Gasteiger partial charge >= 0.3 is 7.12 Å². The summed E-state index contributed by atoms with van der Waals surface area (Å²) < 4.78 is 0. The van der Waals surface area contributed by atoms with Crippen LogP contribution < -0.4 is 10.6 Å². The predicted octanol–water partition coefficient (Wildman–Crippen LogP) is 1.53. The summed E-state index contributed by atoms with van der Waals surface area (Å²) in [6, 6.07) is 6.11. The Balaban J connectivity index is 2.16. The van der Waals surface area contributed by atoms with Crippen LogP contribution in [0, 0.1) is 5.92 Å². The highest BCUT2D eigenvalue weighted by Gasteiger charge is 2.28. The smallest absolute Gasteiger partial charge is 0.426 e. The molecule has 29 heavy (non-hydrogen) atoms. The molecular formula is C19H24BClN4O4. The standard InChI is InChI=1S/C19H24BClN4O4/c1-12(2)8-17(20(28)29)25-18(26)10-15(13-4-3-5-14(21)9-13)24-19(27)16-11-22-6-7-23-16/h3-7,9,11-12,15,17,28-29H,8,10H2,1-2H3,(H,24,27)(H,25,26)/t15?,17-/m0/s1. The molecule has 0 aliphatic carbocycles. The van der Waals surface area contributed by atoms with E-state index < -0.39 is 30.9 Å². The lowest BCUT2D eigenvalue weighted by Gasteiger charge is -2.23. The Morgan fingerprint density at radius 2 is 1.97 bits per heavy atom. The first-order valence-corrected chi connectivity index (χ1v) is 9.62. The Labute approximate surface area is 174 Å². The number of amides is 2. The molecule has 0 spiro atoms. The molecule has 0 fully saturated rings. The molecule has 1 heterocycles. The molecule has 10 heteroatoms. The van der Waals surface area contributed by atoms with Crippen molar-refractivity contribution >= 4 is 30.5 Å². The highest BCUT2D eigenvalue weighted by molar-refractivity contribution is 6.43. The van der Waals surface area contributed by atoms with E-state index in [1.54, 1.807) is 24.3 Å². The monoisotopic (exact) mass is 418 g/mol. The van der Waals surface area contributed by atoms with Gasteiger partial charge in [0.1, 0.15) is 5.69 Å². The molecule has 0 aliphatic heterocycles. The lowest BCUT2D eigenvalue weighted by atomic mass is 9.75. The van der Waals surface area contributed by atoms with Crippen molar-refractivity contribution in [3.8, 4) is 0 Å². The summed E-state index contributed by atoms with van der Waals surface area (Å²) in [6.07, 6.45) is 4.46. The summed E-state index contributed by atoms with van der Waals surface area (Å²) in [4.78, 5) is 32.9. The van der Waals surface area contributed by atoms with E-state index in [4.69, 9.17) is 11.6 Å². The molecular weight excluding hydrogens is 394 g/mol. The van der Waals surface area contributed by atoms with Crippen molar-refractivity contribution < 1.29 is 19.6 Å². The highest BCUT2D eigenvalue weighted by Crippen LogP contribution is 2.21. The molecule has 0 saturated heterocycles. The van der Waals surface area contributed by atoms with Crippen LogP contribution in [0.1, 0.15) is 48.8 Å². The summed E-state index contributed by atoms with van der Waals surface area (Å²) in [5, 5.41) is 24.9. The zero-order chi connectivity index (χ0) is 21.4. The zero-order valence-electron chi connectivity index (χ0n) is 16.2. The van der Waals surface area contributed by atoms with Crippen molar-refractivity contribution in [3.05, 3.63) is 59.1 Å². The normalized spacial score (nSPS) is 12.9. The number of hydrogen-bond donors (Lipinski definition) is 4. The fourth-order valence-electron chi connectivity index (χ4n) is 2.84. The molecule has 0 bridgehead atoms. The van der Waals surface area contributed by atoms with E-state index >= 15 is 0 Å². The van der Waals surface area contributed by atoms with Crippen molar-refractivity contribution in [2.75, 3.05) is 0 Å². The summed E-state index contributed by atoms with van der Waals surface area (Å²) in [6.45, 7) is 3.83. The van der Waals surface area contributed by atoms with Crippen LogP contribution in [0.25, 0.3) is 0 Å². The van der Waals surface area contributed by atoms with E-state index in [0.717, 1.165) is 0 Å². The first-order chi connectivity index (χ1) is 13.8. The highest BCUT2D eigenvalue weighted by atomic mass is 35.5. The van der Waals surface area contributed by atoms with E-state index in [-0.39, 0.29) is 18.0 Å². The van der Waals surface area contributed by atoms with Crippen LogP contribution >= 0.6 is 11.6 Å². The molecule has 2 amide bonds.